The van der Waals surface area contributed by atoms with Gasteiger partial charge in [-0.2, -0.15) is 9.78 Å². The minimum absolute atomic E-state index is 0.210. The van der Waals surface area contributed by atoms with Gasteiger partial charge in [-0.25, -0.2) is 8.42 Å². The predicted molar refractivity (Wildman–Crippen MR) is 116 cm³/mol. The molecular formula is C22H19N3O3S. The number of sulfonamides is 1. The largest absolute Gasteiger partial charge is 0.283 e. The third-order valence-electron chi connectivity index (χ3n) is 4.69. The highest BCUT2D eigenvalue weighted by molar-refractivity contribution is 7.92. The first-order valence-corrected chi connectivity index (χ1v) is 10.9. The average molecular weight is 405 g/mol. The number of anilines is 1. The third kappa shape index (κ3) is 3.64. The summed E-state index contributed by atoms with van der Waals surface area (Å²) in [5, 5.41) is 5.92. The topological polar surface area (TPSA) is 81.1 Å². The highest BCUT2D eigenvalue weighted by Crippen LogP contribution is 2.31. The summed E-state index contributed by atoms with van der Waals surface area (Å²) in [5.74, 6) is 0. The zero-order valence-electron chi connectivity index (χ0n) is 16.0. The minimum Gasteiger partial charge on any atom is -0.283 e. The van der Waals surface area contributed by atoms with E-state index in [2.05, 4.69) is 9.82 Å². The van der Waals surface area contributed by atoms with Crippen LogP contribution in [0.25, 0.3) is 27.7 Å². The van der Waals surface area contributed by atoms with E-state index < -0.39 is 10.0 Å². The summed E-state index contributed by atoms with van der Waals surface area (Å²) in [6.45, 7) is 1.83. The van der Waals surface area contributed by atoms with Crippen LogP contribution in [-0.4, -0.2) is 24.5 Å². The van der Waals surface area contributed by atoms with Crippen molar-refractivity contribution in [3.05, 3.63) is 88.7 Å². The second kappa shape index (κ2) is 7.18. The number of nitrogens with one attached hydrogen (secondary N) is 1. The van der Waals surface area contributed by atoms with Crippen LogP contribution in [0, 0.1) is 6.92 Å². The molecule has 4 aromatic rings. The van der Waals surface area contributed by atoms with Crippen molar-refractivity contribution in [1.29, 1.82) is 0 Å². The molecule has 1 aromatic heterocycles. The average Bonchev–Trinajstić information content (AvgIpc) is 2.70. The number of rotatable bonds is 4. The van der Waals surface area contributed by atoms with E-state index in [-0.39, 0.29) is 5.56 Å². The van der Waals surface area contributed by atoms with Gasteiger partial charge in [0.15, 0.2) is 0 Å². The zero-order chi connectivity index (χ0) is 20.6. The molecule has 0 saturated heterocycles. The molecule has 146 valence electrons. The maximum absolute atomic E-state index is 13.1. The number of benzene rings is 3. The summed E-state index contributed by atoms with van der Waals surface area (Å²) in [5.41, 5.74) is 3.02. The lowest BCUT2D eigenvalue weighted by atomic mass is 10.00. The lowest BCUT2D eigenvalue weighted by Gasteiger charge is -2.15. The van der Waals surface area contributed by atoms with Gasteiger partial charge < -0.3 is 0 Å². The van der Waals surface area contributed by atoms with E-state index in [0.29, 0.717) is 27.8 Å². The van der Waals surface area contributed by atoms with Crippen molar-refractivity contribution in [2.45, 2.75) is 6.92 Å². The standard InChI is InChI=1S/C22H19N3O3S/c1-15-17(13-8-14-20(15)24-29(2,27)28)21-18-11-6-7-12-19(18)22(26)25(23-21)16-9-4-3-5-10-16/h3-14,24H,1-2H3. The number of hydrogen-bond acceptors (Lipinski definition) is 4. The first-order valence-electron chi connectivity index (χ1n) is 9.00. The van der Waals surface area contributed by atoms with Crippen LogP contribution in [0.3, 0.4) is 0 Å². The third-order valence-corrected chi connectivity index (χ3v) is 5.28. The van der Waals surface area contributed by atoms with Crippen molar-refractivity contribution in [3.8, 4) is 16.9 Å². The van der Waals surface area contributed by atoms with Crippen molar-refractivity contribution in [2.24, 2.45) is 0 Å². The maximum Gasteiger partial charge on any atom is 0.279 e. The molecule has 7 heteroatoms. The lowest BCUT2D eigenvalue weighted by molar-refractivity contribution is 0.607. The molecule has 0 fully saturated rings. The summed E-state index contributed by atoms with van der Waals surface area (Å²) in [4.78, 5) is 13.1. The van der Waals surface area contributed by atoms with Crippen molar-refractivity contribution >= 4 is 26.5 Å². The fraction of sp³-hybridized carbons (Fsp3) is 0.0909. The molecule has 0 saturated carbocycles. The molecule has 0 aliphatic rings. The molecule has 0 aliphatic carbocycles. The van der Waals surface area contributed by atoms with Gasteiger partial charge in [-0.1, -0.05) is 48.5 Å². The Balaban J connectivity index is 2.04. The summed E-state index contributed by atoms with van der Waals surface area (Å²) in [6, 6.07) is 21.9. The van der Waals surface area contributed by atoms with E-state index in [1.54, 1.807) is 18.2 Å². The Morgan fingerprint density at radius 3 is 2.21 bits per heavy atom. The van der Waals surface area contributed by atoms with Crippen molar-refractivity contribution in [2.75, 3.05) is 11.0 Å². The SMILES string of the molecule is Cc1c(NS(C)(=O)=O)cccc1-c1nn(-c2ccccc2)c(=O)c2ccccc12. The first-order chi connectivity index (χ1) is 13.8. The van der Waals surface area contributed by atoms with Crippen LogP contribution in [0.15, 0.2) is 77.6 Å². The van der Waals surface area contributed by atoms with Gasteiger partial charge in [-0.05, 0) is 36.8 Å². The highest BCUT2D eigenvalue weighted by atomic mass is 32.2. The van der Waals surface area contributed by atoms with Crippen LogP contribution < -0.4 is 10.3 Å². The molecule has 1 N–H and O–H groups in total. The number of hydrogen-bond donors (Lipinski definition) is 1. The quantitative estimate of drug-likeness (QED) is 0.561. The Morgan fingerprint density at radius 2 is 1.52 bits per heavy atom. The van der Waals surface area contributed by atoms with E-state index in [4.69, 9.17) is 0 Å². The fourth-order valence-electron chi connectivity index (χ4n) is 3.34. The maximum atomic E-state index is 13.1. The number of nitrogens with zero attached hydrogens (tertiary/aromatic N) is 2. The molecule has 0 atom stereocenters. The first kappa shape index (κ1) is 18.9. The summed E-state index contributed by atoms with van der Waals surface area (Å²) >= 11 is 0. The molecule has 29 heavy (non-hydrogen) atoms. The van der Waals surface area contributed by atoms with Crippen LogP contribution in [0.2, 0.25) is 0 Å². The van der Waals surface area contributed by atoms with Crippen molar-refractivity contribution < 1.29 is 8.42 Å². The number of para-hydroxylation sites is 1. The molecule has 0 aliphatic heterocycles. The molecule has 6 nitrogen and oxygen atoms in total. The monoisotopic (exact) mass is 405 g/mol. The van der Waals surface area contributed by atoms with Crippen molar-refractivity contribution in [3.63, 3.8) is 0 Å². The van der Waals surface area contributed by atoms with E-state index in [1.165, 1.54) is 4.68 Å². The Labute approximate surface area is 168 Å². The van der Waals surface area contributed by atoms with E-state index in [9.17, 15) is 13.2 Å². The molecule has 4 rings (SSSR count). The minimum atomic E-state index is -3.42. The second-order valence-corrected chi connectivity index (χ2v) is 8.55. The molecule has 3 aromatic carbocycles. The Bertz CT molecular complexity index is 1380. The van der Waals surface area contributed by atoms with Crippen molar-refractivity contribution in [1.82, 2.24) is 9.78 Å². The van der Waals surface area contributed by atoms with Gasteiger partial charge in [0.1, 0.15) is 0 Å². The Hall–Kier alpha value is -3.45. The lowest BCUT2D eigenvalue weighted by Crippen LogP contribution is -2.22. The van der Waals surface area contributed by atoms with Gasteiger partial charge in [0, 0.05) is 10.9 Å². The van der Waals surface area contributed by atoms with Crippen LogP contribution in [0.5, 0.6) is 0 Å². The smallest absolute Gasteiger partial charge is 0.279 e. The number of fused-ring (bicyclic) bond motifs is 1. The molecule has 0 radical (unpaired) electrons. The van der Waals surface area contributed by atoms with Crippen LogP contribution in [-0.2, 0) is 10.0 Å². The Morgan fingerprint density at radius 1 is 0.862 bits per heavy atom. The molecular weight excluding hydrogens is 386 g/mol. The summed E-state index contributed by atoms with van der Waals surface area (Å²) in [6.07, 6.45) is 1.11. The molecule has 0 bridgehead atoms. The van der Waals surface area contributed by atoms with Crippen LogP contribution in [0.4, 0.5) is 5.69 Å². The summed E-state index contributed by atoms with van der Waals surface area (Å²) < 4.78 is 27.4. The van der Waals surface area contributed by atoms with Gasteiger partial charge in [0.05, 0.1) is 28.7 Å². The van der Waals surface area contributed by atoms with E-state index in [0.717, 1.165) is 17.4 Å². The molecule has 1 heterocycles. The normalized spacial score (nSPS) is 11.5. The van der Waals surface area contributed by atoms with Gasteiger partial charge in [0.25, 0.3) is 5.56 Å². The second-order valence-electron chi connectivity index (χ2n) is 6.80. The molecule has 0 amide bonds. The fourth-order valence-corrected chi connectivity index (χ4v) is 3.96. The van der Waals surface area contributed by atoms with Gasteiger partial charge in [-0.15, -0.1) is 0 Å². The van der Waals surface area contributed by atoms with Crippen LogP contribution >= 0.6 is 0 Å². The summed E-state index contributed by atoms with van der Waals surface area (Å²) in [7, 11) is -3.42. The van der Waals surface area contributed by atoms with Gasteiger partial charge >= 0.3 is 0 Å². The molecule has 0 spiro atoms. The predicted octanol–water partition coefficient (Wildman–Crippen LogP) is 3.73. The van der Waals surface area contributed by atoms with Gasteiger partial charge in [-0.3, -0.25) is 9.52 Å². The highest BCUT2D eigenvalue weighted by Gasteiger charge is 2.16. The zero-order valence-corrected chi connectivity index (χ0v) is 16.8. The van der Waals surface area contributed by atoms with Crippen LogP contribution in [0.1, 0.15) is 5.56 Å². The number of aromatic nitrogens is 2. The Kier molecular flexibility index (Phi) is 4.68. The van der Waals surface area contributed by atoms with Gasteiger partial charge in [0.2, 0.25) is 10.0 Å². The van der Waals surface area contributed by atoms with E-state index >= 15 is 0 Å². The molecule has 0 unspecified atom stereocenters. The van der Waals surface area contributed by atoms with E-state index in [1.807, 2.05) is 61.5 Å².